The van der Waals surface area contributed by atoms with Crippen LogP contribution in [0.4, 0.5) is 0 Å². The number of pyridine rings is 1. The molecular formula is C33H27IrN4. The maximum Gasteiger partial charge on any atom is 3.00 e. The Morgan fingerprint density at radius 3 is 2.18 bits per heavy atom. The number of hydrogen-bond acceptors (Lipinski definition) is 3. The monoisotopic (exact) mass is 672 g/mol. The summed E-state index contributed by atoms with van der Waals surface area (Å²) in [5.74, 6) is 0. The normalized spacial score (nSPS) is 13.4. The first kappa shape index (κ1) is 25.7. The molecule has 4 aromatic carbocycles. The minimum Gasteiger partial charge on any atom is -0.510 e. The summed E-state index contributed by atoms with van der Waals surface area (Å²) in [5.41, 5.74) is 2.00. The van der Waals surface area contributed by atoms with Crippen molar-refractivity contribution in [2.24, 2.45) is 7.05 Å². The van der Waals surface area contributed by atoms with Crippen LogP contribution in [-0.4, -0.2) is 26.4 Å². The van der Waals surface area contributed by atoms with Crippen LogP contribution in [0.5, 0.6) is 0 Å². The van der Waals surface area contributed by atoms with E-state index < -0.39 is 0 Å². The van der Waals surface area contributed by atoms with Crippen molar-refractivity contribution in [1.29, 1.82) is 0 Å². The fraction of sp³-hybridized carbons (Fsp3) is 0.0909. The Morgan fingerprint density at radius 2 is 1.58 bits per heavy atom. The summed E-state index contributed by atoms with van der Waals surface area (Å²) < 4.78 is 2.00. The Morgan fingerprint density at radius 1 is 0.895 bits per heavy atom. The number of aryl methyl sites for hydroxylation is 1. The summed E-state index contributed by atoms with van der Waals surface area (Å²) in [6, 6.07) is 21.9. The Bertz CT molecular complexity index is 1880. The number of aromatic nitrogens is 2. The van der Waals surface area contributed by atoms with Crippen LogP contribution in [0.3, 0.4) is 0 Å². The molecular weight excluding hydrogens is 645 g/mol. The van der Waals surface area contributed by atoms with Crippen LogP contribution in [0, 0.1) is 18.9 Å². The number of nitrogens with zero attached hydrogens (tertiary/aromatic N) is 4. The molecule has 0 saturated carbocycles. The van der Waals surface area contributed by atoms with Gasteiger partial charge in [-0.3, -0.25) is 6.08 Å². The number of rotatable bonds is 2. The minimum atomic E-state index is 0. The van der Waals surface area contributed by atoms with Crippen LogP contribution in [0.25, 0.3) is 54.0 Å². The van der Waals surface area contributed by atoms with E-state index in [9.17, 15) is 0 Å². The molecule has 6 aromatic rings. The molecule has 0 saturated heterocycles. The van der Waals surface area contributed by atoms with E-state index in [1.807, 2.05) is 66.7 Å². The summed E-state index contributed by atoms with van der Waals surface area (Å²) in [5, 5.41) is 11.1. The standard InChI is InChI=1S/C24H15N2.C9H12N2.Ir/c1-26-13-22-21-12-18-10-16-6-3-2-5-15(16)9-17(18)11-20(21)19-7-4-8-25-24(19)23(22)14-26;1-4-9(5-2)11-7-6-10(3)8-11;/h2-13H,1H3;4,6-8H,1H2,2-3H3;/q-1;-2;+3. The first-order chi connectivity index (χ1) is 18.1. The molecule has 0 spiro atoms. The topological polar surface area (TPSA) is 24.3 Å². The van der Waals surface area contributed by atoms with Crippen molar-refractivity contribution >= 4 is 54.0 Å². The van der Waals surface area contributed by atoms with Gasteiger partial charge in [0.2, 0.25) is 0 Å². The number of hydrogen-bond donors (Lipinski definition) is 0. The summed E-state index contributed by atoms with van der Waals surface area (Å²) in [6.07, 6.45) is 16.2. The van der Waals surface area contributed by atoms with Crippen molar-refractivity contribution in [3.05, 3.63) is 123 Å². The molecule has 0 amide bonds. The predicted molar refractivity (Wildman–Crippen MR) is 155 cm³/mol. The molecule has 1 aliphatic heterocycles. The Hall–Kier alpha value is -3.92. The molecule has 0 unspecified atom stereocenters. The van der Waals surface area contributed by atoms with E-state index in [2.05, 4.69) is 84.6 Å². The molecule has 4 nitrogen and oxygen atoms in total. The van der Waals surface area contributed by atoms with Crippen LogP contribution in [0.1, 0.15) is 6.92 Å². The second-order valence-corrected chi connectivity index (χ2v) is 9.31. The summed E-state index contributed by atoms with van der Waals surface area (Å²) in [4.78, 5) is 8.60. The maximum atomic E-state index is 4.66. The number of allylic oxidation sites excluding steroid dienone is 2. The van der Waals surface area contributed by atoms with Gasteiger partial charge in [0.15, 0.2) is 0 Å². The molecule has 1 aliphatic rings. The van der Waals surface area contributed by atoms with Gasteiger partial charge in [0.25, 0.3) is 0 Å². The van der Waals surface area contributed by atoms with Crippen LogP contribution < -0.4 is 0 Å². The molecule has 3 heterocycles. The van der Waals surface area contributed by atoms with Gasteiger partial charge in [-0.25, -0.2) is 0 Å². The molecule has 0 aliphatic carbocycles. The average Bonchev–Trinajstić information content (AvgIpc) is 3.53. The van der Waals surface area contributed by atoms with Crippen molar-refractivity contribution in [1.82, 2.24) is 19.4 Å². The fourth-order valence-corrected chi connectivity index (χ4v) is 5.10. The van der Waals surface area contributed by atoms with E-state index in [-0.39, 0.29) is 20.1 Å². The maximum absolute atomic E-state index is 4.66. The van der Waals surface area contributed by atoms with E-state index >= 15 is 0 Å². The molecule has 0 fully saturated rings. The van der Waals surface area contributed by atoms with Gasteiger partial charge in [0.1, 0.15) is 0 Å². The minimum absolute atomic E-state index is 0. The molecule has 0 bridgehead atoms. The zero-order valence-electron chi connectivity index (χ0n) is 21.6. The molecule has 7 rings (SSSR count). The van der Waals surface area contributed by atoms with Crippen molar-refractivity contribution in [3.63, 3.8) is 0 Å². The smallest absolute Gasteiger partial charge is 0.510 e. The van der Waals surface area contributed by atoms with Crippen molar-refractivity contribution in [2.75, 3.05) is 7.05 Å². The molecule has 0 radical (unpaired) electrons. The molecule has 38 heavy (non-hydrogen) atoms. The largest absolute Gasteiger partial charge is 3.00 e. The van der Waals surface area contributed by atoms with Crippen LogP contribution in [-0.2, 0) is 27.2 Å². The Balaban J connectivity index is 0.000000209. The Labute approximate surface area is 236 Å². The van der Waals surface area contributed by atoms with Crippen LogP contribution >= 0.6 is 0 Å². The van der Waals surface area contributed by atoms with Crippen LogP contribution in [0.2, 0.25) is 0 Å². The molecule has 0 N–H and O–H groups in total. The van der Waals surface area contributed by atoms with Gasteiger partial charge in [-0.1, -0.05) is 48.0 Å². The SMILES string of the molecule is C=CC(=[C-]C)N1C=CN(C)[CH-]1.Cn1[c-]c2c(c1)c1cc3cc4ccccc4cc3cc1c1cccnc21.[Ir+3]. The van der Waals surface area contributed by atoms with Gasteiger partial charge in [0, 0.05) is 6.20 Å². The van der Waals surface area contributed by atoms with Gasteiger partial charge in [-0.2, -0.15) is 25.0 Å². The second kappa shape index (κ2) is 10.4. The van der Waals surface area contributed by atoms with Gasteiger partial charge in [-0.15, -0.1) is 23.9 Å². The summed E-state index contributed by atoms with van der Waals surface area (Å²) >= 11 is 0. The van der Waals surface area contributed by atoms with E-state index in [0.29, 0.717) is 0 Å². The fourth-order valence-electron chi connectivity index (χ4n) is 5.10. The summed E-state index contributed by atoms with van der Waals surface area (Å²) in [6.45, 7) is 7.53. The zero-order valence-corrected chi connectivity index (χ0v) is 24.0. The van der Waals surface area contributed by atoms with Gasteiger partial charge in [0.05, 0.1) is 0 Å². The molecule has 2 aromatic heterocycles. The van der Waals surface area contributed by atoms with Crippen molar-refractivity contribution in [3.8, 4) is 0 Å². The third-order valence-electron chi connectivity index (χ3n) is 6.84. The zero-order chi connectivity index (χ0) is 25.5. The van der Waals surface area contributed by atoms with E-state index in [1.165, 1.54) is 43.1 Å². The number of fused-ring (bicyclic) bond motifs is 8. The quantitative estimate of drug-likeness (QED) is 0.0817. The first-order valence-corrected chi connectivity index (χ1v) is 12.3. The Kier molecular flexibility index (Phi) is 7.07. The molecule has 0 atom stereocenters. The van der Waals surface area contributed by atoms with Crippen molar-refractivity contribution < 1.29 is 20.1 Å². The van der Waals surface area contributed by atoms with Gasteiger partial charge in [-0.05, 0) is 88.6 Å². The van der Waals surface area contributed by atoms with Gasteiger partial charge >= 0.3 is 20.1 Å². The van der Waals surface area contributed by atoms with E-state index in [4.69, 9.17) is 0 Å². The molecule has 5 heteroatoms. The van der Waals surface area contributed by atoms with Crippen LogP contribution in [0.15, 0.2) is 104 Å². The third kappa shape index (κ3) is 4.49. The average molecular weight is 672 g/mol. The van der Waals surface area contributed by atoms with E-state index in [0.717, 1.165) is 16.6 Å². The molecule has 188 valence electrons. The van der Waals surface area contributed by atoms with E-state index in [1.54, 1.807) is 6.08 Å². The number of benzene rings is 4. The third-order valence-corrected chi connectivity index (χ3v) is 6.84. The first-order valence-electron chi connectivity index (χ1n) is 12.3. The predicted octanol–water partition coefficient (Wildman–Crippen LogP) is 7.70. The van der Waals surface area contributed by atoms with Gasteiger partial charge < -0.3 is 19.4 Å². The second-order valence-electron chi connectivity index (χ2n) is 9.31. The van der Waals surface area contributed by atoms with Crippen molar-refractivity contribution in [2.45, 2.75) is 6.92 Å². The summed E-state index contributed by atoms with van der Waals surface area (Å²) in [7, 11) is 4.00.